The summed E-state index contributed by atoms with van der Waals surface area (Å²) < 4.78 is 6.41. The summed E-state index contributed by atoms with van der Waals surface area (Å²) in [6.45, 7) is 0.744. The molecule has 0 unspecified atom stereocenters. The van der Waals surface area contributed by atoms with E-state index in [2.05, 4.69) is 28.1 Å². The third-order valence-electron chi connectivity index (χ3n) is 3.38. The van der Waals surface area contributed by atoms with Crippen LogP contribution in [0.25, 0.3) is 11.0 Å². The summed E-state index contributed by atoms with van der Waals surface area (Å²) in [6, 6.07) is 6.37. The SMILES string of the molecule is NCC1(c2ccc3occ(Br)c3c2)CC1. The second-order valence-corrected chi connectivity index (χ2v) is 5.13. The fourth-order valence-electron chi connectivity index (χ4n) is 2.09. The Balaban J connectivity index is 2.17. The van der Waals surface area contributed by atoms with Gasteiger partial charge in [0.1, 0.15) is 11.8 Å². The fourth-order valence-corrected chi connectivity index (χ4v) is 2.49. The summed E-state index contributed by atoms with van der Waals surface area (Å²) in [5.74, 6) is 0. The molecule has 78 valence electrons. The van der Waals surface area contributed by atoms with Crippen molar-refractivity contribution in [2.45, 2.75) is 18.3 Å². The number of rotatable bonds is 2. The lowest BCUT2D eigenvalue weighted by molar-refractivity contribution is 0.613. The van der Waals surface area contributed by atoms with E-state index in [0.717, 1.165) is 22.0 Å². The third kappa shape index (κ3) is 1.34. The summed E-state index contributed by atoms with van der Waals surface area (Å²) in [4.78, 5) is 0. The maximum Gasteiger partial charge on any atom is 0.135 e. The lowest BCUT2D eigenvalue weighted by Gasteiger charge is -2.12. The van der Waals surface area contributed by atoms with Gasteiger partial charge < -0.3 is 10.2 Å². The van der Waals surface area contributed by atoms with Gasteiger partial charge in [-0.15, -0.1) is 0 Å². The van der Waals surface area contributed by atoms with Crippen molar-refractivity contribution in [2.75, 3.05) is 6.54 Å². The van der Waals surface area contributed by atoms with E-state index in [9.17, 15) is 0 Å². The topological polar surface area (TPSA) is 39.2 Å². The Morgan fingerprint density at radius 1 is 1.40 bits per heavy atom. The molecular weight excluding hydrogens is 254 g/mol. The average molecular weight is 266 g/mol. The molecule has 1 aliphatic rings. The van der Waals surface area contributed by atoms with E-state index in [-0.39, 0.29) is 5.41 Å². The van der Waals surface area contributed by atoms with Crippen LogP contribution in [0.3, 0.4) is 0 Å². The maximum absolute atomic E-state index is 5.82. The molecule has 0 atom stereocenters. The van der Waals surface area contributed by atoms with Crippen LogP contribution in [-0.2, 0) is 5.41 Å². The molecular formula is C12H12BrNO. The first kappa shape index (κ1) is 9.43. The van der Waals surface area contributed by atoms with Crippen LogP contribution in [0.2, 0.25) is 0 Å². The minimum Gasteiger partial charge on any atom is -0.463 e. The highest BCUT2D eigenvalue weighted by Gasteiger charge is 2.42. The van der Waals surface area contributed by atoms with Crippen molar-refractivity contribution in [3.63, 3.8) is 0 Å². The monoisotopic (exact) mass is 265 g/mol. The van der Waals surface area contributed by atoms with Crippen LogP contribution in [-0.4, -0.2) is 6.54 Å². The van der Waals surface area contributed by atoms with Crippen LogP contribution < -0.4 is 5.73 Å². The first-order valence-electron chi connectivity index (χ1n) is 5.12. The van der Waals surface area contributed by atoms with Gasteiger partial charge in [0, 0.05) is 17.3 Å². The molecule has 1 aliphatic carbocycles. The van der Waals surface area contributed by atoms with Crippen LogP contribution in [0, 0.1) is 0 Å². The molecule has 2 nitrogen and oxygen atoms in total. The molecule has 0 saturated heterocycles. The Bertz CT molecular complexity index is 513. The first-order chi connectivity index (χ1) is 7.25. The maximum atomic E-state index is 5.82. The molecule has 3 rings (SSSR count). The number of benzene rings is 1. The Labute approximate surface area is 96.6 Å². The zero-order chi connectivity index (χ0) is 10.5. The van der Waals surface area contributed by atoms with Gasteiger partial charge in [0.25, 0.3) is 0 Å². The van der Waals surface area contributed by atoms with Gasteiger partial charge in [0.2, 0.25) is 0 Å². The minimum atomic E-state index is 0.255. The van der Waals surface area contributed by atoms with E-state index in [4.69, 9.17) is 10.2 Å². The van der Waals surface area contributed by atoms with Gasteiger partial charge in [0.05, 0.1) is 4.47 Å². The Morgan fingerprint density at radius 2 is 2.20 bits per heavy atom. The molecule has 1 saturated carbocycles. The van der Waals surface area contributed by atoms with Gasteiger partial charge in [-0.05, 0) is 46.5 Å². The minimum absolute atomic E-state index is 0.255. The van der Waals surface area contributed by atoms with Crippen LogP contribution in [0.15, 0.2) is 33.4 Å². The molecule has 0 bridgehead atoms. The largest absolute Gasteiger partial charge is 0.463 e. The average Bonchev–Trinajstić information content (AvgIpc) is 2.99. The van der Waals surface area contributed by atoms with Gasteiger partial charge in [-0.1, -0.05) is 6.07 Å². The summed E-state index contributed by atoms with van der Waals surface area (Å²) in [5.41, 5.74) is 8.35. The van der Waals surface area contributed by atoms with E-state index in [1.54, 1.807) is 6.26 Å². The van der Waals surface area contributed by atoms with Gasteiger partial charge in [-0.2, -0.15) is 0 Å². The van der Waals surface area contributed by atoms with E-state index >= 15 is 0 Å². The van der Waals surface area contributed by atoms with Crippen LogP contribution in [0.5, 0.6) is 0 Å². The van der Waals surface area contributed by atoms with Crippen molar-refractivity contribution in [2.24, 2.45) is 5.73 Å². The fraction of sp³-hybridized carbons (Fsp3) is 0.333. The van der Waals surface area contributed by atoms with E-state index in [1.807, 2.05) is 6.07 Å². The van der Waals surface area contributed by atoms with Crippen LogP contribution >= 0.6 is 15.9 Å². The van der Waals surface area contributed by atoms with Gasteiger partial charge >= 0.3 is 0 Å². The summed E-state index contributed by atoms with van der Waals surface area (Å²) in [7, 11) is 0. The summed E-state index contributed by atoms with van der Waals surface area (Å²) in [6.07, 6.45) is 4.16. The number of hydrogen-bond acceptors (Lipinski definition) is 2. The van der Waals surface area contributed by atoms with Crippen molar-refractivity contribution in [3.8, 4) is 0 Å². The molecule has 2 N–H and O–H groups in total. The summed E-state index contributed by atoms with van der Waals surface area (Å²) >= 11 is 3.49. The lowest BCUT2D eigenvalue weighted by atomic mass is 9.95. The highest BCUT2D eigenvalue weighted by atomic mass is 79.9. The predicted octanol–water partition coefficient (Wildman–Crippen LogP) is 3.19. The standard InChI is InChI=1S/C12H12BrNO/c13-10-6-15-11-2-1-8(5-9(10)11)12(7-14)3-4-12/h1-2,5-6H,3-4,7,14H2. The Kier molecular flexibility index (Phi) is 1.94. The first-order valence-corrected chi connectivity index (χ1v) is 5.92. The molecule has 2 aromatic rings. The zero-order valence-electron chi connectivity index (χ0n) is 8.29. The molecule has 0 amide bonds. The van der Waals surface area contributed by atoms with Crippen molar-refractivity contribution in [1.82, 2.24) is 0 Å². The smallest absolute Gasteiger partial charge is 0.135 e. The highest BCUT2D eigenvalue weighted by molar-refractivity contribution is 9.10. The lowest BCUT2D eigenvalue weighted by Crippen LogP contribution is -2.19. The third-order valence-corrected chi connectivity index (χ3v) is 4.00. The number of hydrogen-bond donors (Lipinski definition) is 1. The van der Waals surface area contributed by atoms with Crippen LogP contribution in [0.4, 0.5) is 0 Å². The summed E-state index contributed by atoms with van der Waals surface area (Å²) in [5, 5.41) is 1.15. The van der Waals surface area contributed by atoms with Crippen molar-refractivity contribution in [3.05, 3.63) is 34.5 Å². The highest BCUT2D eigenvalue weighted by Crippen LogP contribution is 2.48. The number of fused-ring (bicyclic) bond motifs is 1. The molecule has 1 heterocycles. The molecule has 15 heavy (non-hydrogen) atoms. The molecule has 3 heteroatoms. The Hall–Kier alpha value is -0.800. The molecule has 1 aromatic carbocycles. The van der Waals surface area contributed by atoms with E-state index in [1.165, 1.54) is 18.4 Å². The molecule has 1 fully saturated rings. The normalized spacial score (nSPS) is 18.3. The van der Waals surface area contributed by atoms with Gasteiger partial charge in [-0.25, -0.2) is 0 Å². The number of furan rings is 1. The number of halogens is 1. The van der Waals surface area contributed by atoms with Crippen molar-refractivity contribution >= 4 is 26.9 Å². The van der Waals surface area contributed by atoms with E-state index in [0.29, 0.717) is 0 Å². The van der Waals surface area contributed by atoms with Crippen molar-refractivity contribution < 1.29 is 4.42 Å². The molecule has 0 radical (unpaired) electrons. The van der Waals surface area contributed by atoms with E-state index < -0.39 is 0 Å². The number of nitrogens with two attached hydrogens (primary N) is 1. The Morgan fingerprint density at radius 3 is 2.87 bits per heavy atom. The second kappa shape index (κ2) is 3.09. The predicted molar refractivity (Wildman–Crippen MR) is 63.9 cm³/mol. The molecule has 0 spiro atoms. The van der Waals surface area contributed by atoms with Crippen molar-refractivity contribution in [1.29, 1.82) is 0 Å². The quantitative estimate of drug-likeness (QED) is 0.906. The van der Waals surface area contributed by atoms with Crippen LogP contribution in [0.1, 0.15) is 18.4 Å². The van der Waals surface area contributed by atoms with Gasteiger partial charge in [0.15, 0.2) is 0 Å². The second-order valence-electron chi connectivity index (χ2n) is 4.28. The molecule has 0 aliphatic heterocycles. The molecule has 1 aromatic heterocycles. The zero-order valence-corrected chi connectivity index (χ0v) is 9.88. The van der Waals surface area contributed by atoms with Gasteiger partial charge in [-0.3, -0.25) is 0 Å².